The van der Waals surface area contributed by atoms with Crippen LogP contribution in [-0.4, -0.2) is 47.2 Å². The van der Waals surface area contributed by atoms with Gasteiger partial charge in [-0.2, -0.15) is 22.5 Å². The molecule has 8 nitrogen and oxygen atoms in total. The van der Waals surface area contributed by atoms with E-state index in [1.54, 1.807) is 0 Å². The van der Waals surface area contributed by atoms with Crippen LogP contribution in [0.25, 0.3) is 11.1 Å². The molecule has 1 aliphatic heterocycles. The molecule has 2 heterocycles. The van der Waals surface area contributed by atoms with Gasteiger partial charge in [-0.1, -0.05) is 23.7 Å². The van der Waals surface area contributed by atoms with Crippen LogP contribution in [0.5, 0.6) is 0 Å². The number of aromatic amines is 1. The summed E-state index contributed by atoms with van der Waals surface area (Å²) >= 11 is 6.19. The first kappa shape index (κ1) is 22.3. The predicted molar refractivity (Wildman–Crippen MR) is 110 cm³/mol. The maximum absolute atomic E-state index is 13.8. The number of nitrogens with one attached hydrogen (secondary N) is 2. The Morgan fingerprint density at radius 1 is 1.19 bits per heavy atom. The van der Waals surface area contributed by atoms with Crippen LogP contribution in [0.1, 0.15) is 5.56 Å². The predicted octanol–water partition coefficient (Wildman–Crippen LogP) is 3.81. The summed E-state index contributed by atoms with van der Waals surface area (Å²) in [6.07, 6.45) is -6.00. The Labute approximate surface area is 184 Å². The van der Waals surface area contributed by atoms with Gasteiger partial charge < -0.3 is 11.1 Å². The van der Waals surface area contributed by atoms with Gasteiger partial charge in [0, 0.05) is 24.3 Å². The third-order valence-corrected chi connectivity index (χ3v) is 6.88. The van der Waals surface area contributed by atoms with Crippen LogP contribution in [-0.2, 0) is 16.2 Å². The molecular weight excluding hydrogens is 476 g/mol. The Morgan fingerprint density at radius 3 is 2.38 bits per heavy atom. The lowest BCUT2D eigenvalue weighted by Crippen LogP contribution is -2.51. The van der Waals surface area contributed by atoms with Crippen molar-refractivity contribution in [3.8, 4) is 11.1 Å². The molecule has 4 rings (SSSR count). The van der Waals surface area contributed by atoms with Gasteiger partial charge >= 0.3 is 6.18 Å². The van der Waals surface area contributed by atoms with Crippen molar-refractivity contribution < 1.29 is 26.0 Å². The van der Waals surface area contributed by atoms with E-state index < -0.39 is 27.9 Å². The summed E-state index contributed by atoms with van der Waals surface area (Å²) in [7, 11) is -3.92. The molecular formula is C18H15ClF4N6O2S. The van der Waals surface area contributed by atoms with Crippen molar-refractivity contribution in [3.05, 3.63) is 47.0 Å². The third kappa shape index (κ3) is 4.23. The van der Waals surface area contributed by atoms with Crippen LogP contribution in [0.4, 0.5) is 35.1 Å². The molecule has 14 heteroatoms. The first-order valence-corrected chi connectivity index (χ1v) is 10.9. The molecule has 32 heavy (non-hydrogen) atoms. The van der Waals surface area contributed by atoms with Gasteiger partial charge in [-0.05, 0) is 29.8 Å². The molecule has 0 amide bonds. The molecule has 2 aromatic carbocycles. The maximum atomic E-state index is 13.8. The topological polar surface area (TPSA) is 117 Å². The van der Waals surface area contributed by atoms with Gasteiger partial charge in [0.05, 0.1) is 15.5 Å². The highest BCUT2D eigenvalue weighted by Crippen LogP contribution is 2.43. The minimum absolute atomic E-state index is 0.0252. The fourth-order valence-corrected chi connectivity index (χ4v) is 5.01. The van der Waals surface area contributed by atoms with Gasteiger partial charge in [0.1, 0.15) is 6.17 Å². The molecule has 0 saturated carbocycles. The minimum atomic E-state index is -4.77. The Morgan fingerprint density at radius 2 is 1.84 bits per heavy atom. The second-order valence-corrected chi connectivity index (χ2v) is 9.34. The molecule has 0 atom stereocenters. The molecule has 1 aliphatic rings. The lowest BCUT2D eigenvalue weighted by molar-refractivity contribution is -0.137. The summed E-state index contributed by atoms with van der Waals surface area (Å²) in [6, 6.07) is 6.85. The van der Waals surface area contributed by atoms with Gasteiger partial charge in [-0.25, -0.2) is 17.9 Å². The molecule has 1 aromatic heterocycles. The molecule has 1 saturated heterocycles. The number of nitrogens with zero attached hydrogens (tertiary/aromatic N) is 3. The zero-order valence-corrected chi connectivity index (χ0v) is 17.6. The number of benzene rings is 2. The van der Waals surface area contributed by atoms with E-state index in [1.165, 1.54) is 18.2 Å². The van der Waals surface area contributed by atoms with Gasteiger partial charge in [-0.3, -0.25) is 0 Å². The van der Waals surface area contributed by atoms with E-state index in [0.29, 0.717) is 0 Å². The highest BCUT2D eigenvalue weighted by atomic mass is 35.5. The second-order valence-electron chi connectivity index (χ2n) is 6.99. The van der Waals surface area contributed by atoms with Crippen LogP contribution in [0.15, 0.2) is 41.3 Å². The van der Waals surface area contributed by atoms with E-state index in [0.717, 1.165) is 22.5 Å². The van der Waals surface area contributed by atoms with E-state index in [2.05, 4.69) is 20.5 Å². The van der Waals surface area contributed by atoms with Crippen molar-refractivity contribution in [2.24, 2.45) is 0 Å². The van der Waals surface area contributed by atoms with Crippen molar-refractivity contribution in [2.75, 3.05) is 24.1 Å². The summed E-state index contributed by atoms with van der Waals surface area (Å²) in [5, 5.41) is 8.39. The number of rotatable bonds is 5. The highest BCUT2D eigenvalue weighted by Gasteiger charge is 2.38. The largest absolute Gasteiger partial charge is 0.417 e. The SMILES string of the molecule is Nc1nc(Nc2cc(Cl)c(-c3ccc(S(=O)(=O)N4CC(F)C4)cc3)c(C(F)(F)F)c2)n[nH]1. The number of nitrogens with two attached hydrogens (primary N) is 1. The maximum Gasteiger partial charge on any atom is 0.417 e. The monoisotopic (exact) mass is 490 g/mol. The van der Waals surface area contributed by atoms with E-state index in [-0.39, 0.29) is 51.7 Å². The summed E-state index contributed by atoms with van der Waals surface area (Å²) in [4.78, 5) is 3.61. The number of H-pyrrole nitrogens is 1. The molecule has 0 radical (unpaired) electrons. The summed E-state index contributed by atoms with van der Waals surface area (Å²) in [5.41, 5.74) is 4.06. The molecule has 0 spiro atoms. The number of hydrogen-bond acceptors (Lipinski definition) is 6. The van der Waals surface area contributed by atoms with Gasteiger partial charge in [0.15, 0.2) is 0 Å². The van der Waals surface area contributed by atoms with Gasteiger partial charge in [0.2, 0.25) is 21.9 Å². The smallest absolute Gasteiger partial charge is 0.368 e. The number of halogens is 5. The fourth-order valence-electron chi connectivity index (χ4n) is 3.18. The molecule has 3 aromatic rings. The van der Waals surface area contributed by atoms with Crippen LogP contribution in [0.3, 0.4) is 0 Å². The normalized spacial score (nSPS) is 15.5. The van der Waals surface area contributed by atoms with Crippen molar-refractivity contribution in [3.63, 3.8) is 0 Å². The lowest BCUT2D eigenvalue weighted by atomic mass is 9.98. The van der Waals surface area contributed by atoms with Gasteiger partial charge in [-0.15, -0.1) is 5.10 Å². The third-order valence-electron chi connectivity index (χ3n) is 4.74. The number of aromatic nitrogens is 3. The number of hydrogen-bond donors (Lipinski definition) is 3. The molecule has 1 fully saturated rings. The second kappa shape index (κ2) is 7.90. The number of nitrogen functional groups attached to an aromatic ring is 1. The number of sulfonamides is 1. The van der Waals surface area contributed by atoms with Crippen LogP contribution in [0, 0.1) is 0 Å². The van der Waals surface area contributed by atoms with E-state index in [9.17, 15) is 26.0 Å². The van der Waals surface area contributed by atoms with Crippen molar-refractivity contribution in [2.45, 2.75) is 17.2 Å². The van der Waals surface area contributed by atoms with Crippen molar-refractivity contribution in [1.29, 1.82) is 0 Å². The Balaban J connectivity index is 1.71. The molecule has 0 aliphatic carbocycles. The molecule has 4 N–H and O–H groups in total. The van der Waals surface area contributed by atoms with Crippen molar-refractivity contribution >= 4 is 39.2 Å². The fraction of sp³-hybridized carbons (Fsp3) is 0.222. The summed E-state index contributed by atoms with van der Waals surface area (Å²) in [5.74, 6) is -0.0721. The zero-order chi connectivity index (χ0) is 23.3. The first-order valence-electron chi connectivity index (χ1n) is 9.05. The minimum Gasteiger partial charge on any atom is -0.368 e. The van der Waals surface area contributed by atoms with E-state index in [4.69, 9.17) is 17.3 Å². The highest BCUT2D eigenvalue weighted by molar-refractivity contribution is 7.89. The number of anilines is 3. The van der Waals surface area contributed by atoms with Crippen molar-refractivity contribution in [1.82, 2.24) is 19.5 Å². The van der Waals surface area contributed by atoms with E-state index >= 15 is 0 Å². The number of alkyl halides is 4. The molecule has 170 valence electrons. The Bertz CT molecular complexity index is 1260. The van der Waals surface area contributed by atoms with E-state index in [1.807, 2.05) is 0 Å². The molecule has 0 bridgehead atoms. The Kier molecular flexibility index (Phi) is 5.51. The van der Waals surface area contributed by atoms with Crippen LogP contribution < -0.4 is 11.1 Å². The summed E-state index contributed by atoms with van der Waals surface area (Å²) < 4.78 is 80.3. The molecule has 0 unspecified atom stereocenters. The Hall–Kier alpha value is -2.90. The quantitative estimate of drug-likeness (QED) is 0.468. The lowest BCUT2D eigenvalue weighted by Gasteiger charge is -2.33. The van der Waals surface area contributed by atoms with Crippen LogP contribution >= 0.6 is 11.6 Å². The zero-order valence-electron chi connectivity index (χ0n) is 16.0. The van der Waals surface area contributed by atoms with Crippen LogP contribution in [0.2, 0.25) is 5.02 Å². The van der Waals surface area contributed by atoms with Gasteiger partial charge in [0.25, 0.3) is 0 Å². The standard InChI is InChI=1S/C18H15ClF4N6O2S/c19-14-6-11(25-17-26-16(24)27-28-17)5-13(18(21,22)23)15(14)9-1-3-12(4-2-9)32(30,31)29-7-10(20)8-29/h1-6,10H,7-8H2,(H4,24,25,26,27,28). The summed E-state index contributed by atoms with van der Waals surface area (Å²) in [6.45, 7) is -0.502. The first-order chi connectivity index (χ1) is 14.9. The average molecular weight is 491 g/mol. The average Bonchev–Trinajstić information content (AvgIpc) is 3.09.